The van der Waals surface area contributed by atoms with Crippen LogP contribution in [0.3, 0.4) is 0 Å². The lowest BCUT2D eigenvalue weighted by Gasteiger charge is -2.41. The number of carbonyl (C=O) groups excluding carboxylic acids is 7. The first kappa shape index (κ1) is 68.1. The molecule has 0 aromatic heterocycles. The Balaban J connectivity index is 1.73. The minimum absolute atomic E-state index is 0.0325. The van der Waals surface area contributed by atoms with E-state index in [2.05, 4.69) is 26.6 Å². The molecule has 2 aromatic rings. The standard InChI is InChI=1S/C59H96N10O11/c1-14-38(8)51(47(79-12)34-48(70)69-30-19-23-46(69)52(80-13)39(9)53(71)66-45(58(76)77)33-41-20-16-15-17-21-41)68(11)57(75)44(32-35(2)3)65-56(74)50(37(6)7)67(10)31-28-40-24-26-42(27-25-40)63-54(72)43(22-18-29-62-59(61)78)64-55(73)49(60)36(4)5/h15-17,20-21,24-27,35-39,43-47,49-52H,14,18-19,22-23,28-34,60H2,1-13H3,(H,63,72)(H,64,73)(H,65,74)(H,66,71)(H,76,77)(H3,61,62,78). The highest BCUT2D eigenvalue weighted by Gasteiger charge is 2.43. The lowest BCUT2D eigenvalue weighted by Crippen LogP contribution is -2.59. The van der Waals surface area contributed by atoms with Gasteiger partial charge in [-0.2, -0.15) is 0 Å². The van der Waals surface area contributed by atoms with E-state index in [-0.39, 0.29) is 67.2 Å². The topological polar surface area (TPSA) is 297 Å². The molecule has 1 saturated heterocycles. The van der Waals surface area contributed by atoms with Crippen LogP contribution in [0.1, 0.15) is 118 Å². The quantitative estimate of drug-likeness (QED) is 0.0454. The molecule has 21 heteroatoms. The summed E-state index contributed by atoms with van der Waals surface area (Å²) in [7, 11) is 6.58. The van der Waals surface area contributed by atoms with Gasteiger partial charge in [0, 0.05) is 53.0 Å². The van der Waals surface area contributed by atoms with Crippen molar-refractivity contribution >= 4 is 53.1 Å². The SMILES string of the molecule is CCC(C)C(C(CC(=O)N1CCCC1C(OC)C(C)C(=O)NC(Cc1ccccc1)C(=O)O)OC)N(C)C(=O)C(CC(C)C)NC(=O)C(C(C)C)N(C)CCc1ccc(NC(=O)C(CCCNC(N)=O)NC(=O)C(N)C(C)C)cc1. The first-order chi connectivity index (χ1) is 37.8. The summed E-state index contributed by atoms with van der Waals surface area (Å²) in [6.45, 7) is 18.4. The predicted molar refractivity (Wildman–Crippen MR) is 309 cm³/mol. The van der Waals surface area contributed by atoms with Gasteiger partial charge in [0.15, 0.2) is 0 Å². The molecule has 0 radical (unpaired) electrons. The van der Waals surface area contributed by atoms with Crippen LogP contribution in [-0.2, 0) is 55.9 Å². The van der Waals surface area contributed by atoms with Crippen molar-refractivity contribution in [2.75, 3.05) is 53.3 Å². The van der Waals surface area contributed by atoms with Crippen LogP contribution in [0.15, 0.2) is 54.6 Å². The van der Waals surface area contributed by atoms with Gasteiger partial charge in [0.05, 0.1) is 48.7 Å². The van der Waals surface area contributed by atoms with E-state index in [4.69, 9.17) is 20.9 Å². The fourth-order valence-corrected chi connectivity index (χ4v) is 10.7. The van der Waals surface area contributed by atoms with Crippen LogP contribution in [0.5, 0.6) is 0 Å². The Kier molecular flexibility index (Phi) is 28.6. The molecular formula is C59H96N10O11. The number of nitrogens with two attached hydrogens (primary N) is 2. The summed E-state index contributed by atoms with van der Waals surface area (Å²) >= 11 is 0. The number of carboxylic acids is 1. The number of hydrogen-bond donors (Lipinski definition) is 8. The van der Waals surface area contributed by atoms with Gasteiger partial charge < -0.3 is 62.4 Å². The molecule has 10 N–H and O–H groups in total. The summed E-state index contributed by atoms with van der Waals surface area (Å²) in [5, 5.41) is 23.9. The normalized spacial score (nSPS) is 17.3. The van der Waals surface area contributed by atoms with Gasteiger partial charge in [-0.1, -0.05) is 111 Å². The molecule has 0 spiro atoms. The molecule has 1 aliphatic heterocycles. The van der Waals surface area contributed by atoms with Crippen molar-refractivity contribution in [3.05, 3.63) is 65.7 Å². The Morgan fingerprint density at radius 1 is 0.775 bits per heavy atom. The molecule has 448 valence electrons. The van der Waals surface area contributed by atoms with E-state index < -0.39 is 90.1 Å². The molecule has 8 amide bonds. The monoisotopic (exact) mass is 1120 g/mol. The minimum Gasteiger partial charge on any atom is -0.480 e. The average molecular weight is 1120 g/mol. The highest BCUT2D eigenvalue weighted by atomic mass is 16.5. The first-order valence-electron chi connectivity index (χ1n) is 28.4. The van der Waals surface area contributed by atoms with Crippen molar-refractivity contribution in [2.24, 2.45) is 41.1 Å². The number of anilines is 1. The van der Waals surface area contributed by atoms with Crippen molar-refractivity contribution in [3.63, 3.8) is 0 Å². The molecule has 0 saturated carbocycles. The smallest absolute Gasteiger partial charge is 0.326 e. The van der Waals surface area contributed by atoms with Crippen molar-refractivity contribution in [3.8, 4) is 0 Å². The van der Waals surface area contributed by atoms with E-state index in [9.17, 15) is 43.5 Å². The predicted octanol–water partition coefficient (Wildman–Crippen LogP) is 4.30. The maximum atomic E-state index is 14.9. The number of ether oxygens (including phenoxy) is 2. The Morgan fingerprint density at radius 2 is 1.40 bits per heavy atom. The van der Waals surface area contributed by atoms with Gasteiger partial charge in [0.2, 0.25) is 35.4 Å². The zero-order valence-electron chi connectivity index (χ0n) is 49.8. The Labute approximate surface area is 475 Å². The summed E-state index contributed by atoms with van der Waals surface area (Å²) in [6, 6.07) is 10.2. The van der Waals surface area contributed by atoms with Gasteiger partial charge in [0.1, 0.15) is 18.1 Å². The van der Waals surface area contributed by atoms with Crippen LogP contribution in [-0.4, -0.2) is 170 Å². The molecule has 21 nitrogen and oxygen atoms in total. The maximum absolute atomic E-state index is 14.9. The van der Waals surface area contributed by atoms with E-state index in [0.29, 0.717) is 57.3 Å². The van der Waals surface area contributed by atoms with Crippen molar-refractivity contribution in [1.82, 2.24) is 36.0 Å². The number of nitrogens with one attached hydrogen (secondary N) is 5. The zero-order valence-corrected chi connectivity index (χ0v) is 49.8. The van der Waals surface area contributed by atoms with Gasteiger partial charge in [-0.15, -0.1) is 0 Å². The molecule has 11 atom stereocenters. The first-order valence-corrected chi connectivity index (χ1v) is 28.4. The molecule has 0 aliphatic carbocycles. The van der Waals surface area contributed by atoms with E-state index >= 15 is 0 Å². The van der Waals surface area contributed by atoms with Crippen LogP contribution < -0.4 is 38.1 Å². The third kappa shape index (κ3) is 20.7. The number of urea groups is 1. The summed E-state index contributed by atoms with van der Waals surface area (Å²) in [5.41, 5.74) is 13.5. The molecule has 1 aliphatic rings. The van der Waals surface area contributed by atoms with Crippen molar-refractivity contribution < 1.29 is 52.9 Å². The van der Waals surface area contributed by atoms with Crippen LogP contribution in [0.2, 0.25) is 0 Å². The van der Waals surface area contributed by atoms with Gasteiger partial charge in [0.25, 0.3) is 0 Å². The number of nitrogens with zero attached hydrogens (tertiary/aromatic N) is 3. The largest absolute Gasteiger partial charge is 0.480 e. The van der Waals surface area contributed by atoms with Crippen LogP contribution in [0.25, 0.3) is 0 Å². The van der Waals surface area contributed by atoms with Crippen LogP contribution in [0.4, 0.5) is 10.5 Å². The Hall–Kier alpha value is -6.16. The maximum Gasteiger partial charge on any atom is 0.326 e. The molecule has 0 bridgehead atoms. The number of benzene rings is 2. The van der Waals surface area contributed by atoms with Crippen molar-refractivity contribution in [2.45, 2.75) is 175 Å². The summed E-state index contributed by atoms with van der Waals surface area (Å²) in [6.07, 6.45) is 1.99. The van der Waals surface area contributed by atoms with Gasteiger partial charge in [-0.05, 0) is 92.5 Å². The zero-order chi connectivity index (χ0) is 60.0. The Morgan fingerprint density at radius 3 is 1.95 bits per heavy atom. The second-order valence-electron chi connectivity index (χ2n) is 22.7. The molecular weight excluding hydrogens is 1020 g/mol. The molecule has 2 aromatic carbocycles. The summed E-state index contributed by atoms with van der Waals surface area (Å²) < 4.78 is 12.0. The fourth-order valence-electron chi connectivity index (χ4n) is 10.7. The summed E-state index contributed by atoms with van der Waals surface area (Å²) in [5.74, 6) is -4.56. The molecule has 80 heavy (non-hydrogen) atoms. The number of rotatable bonds is 34. The Bertz CT molecular complexity index is 2300. The van der Waals surface area contributed by atoms with Crippen molar-refractivity contribution in [1.29, 1.82) is 0 Å². The summed E-state index contributed by atoms with van der Waals surface area (Å²) in [4.78, 5) is 112. The second kappa shape index (κ2) is 33.6. The van der Waals surface area contributed by atoms with Gasteiger partial charge >= 0.3 is 12.0 Å². The van der Waals surface area contributed by atoms with Crippen LogP contribution in [0, 0.1) is 29.6 Å². The number of likely N-dealkylation sites (N-methyl/N-ethyl adjacent to an activating group) is 2. The average Bonchev–Trinajstić information content (AvgIpc) is 3.90. The highest BCUT2D eigenvalue weighted by molar-refractivity contribution is 5.98. The molecule has 1 fully saturated rings. The number of likely N-dealkylation sites (tertiary alicyclic amines) is 1. The number of amides is 8. The molecule has 1 heterocycles. The number of aliphatic carboxylic acids is 1. The lowest BCUT2D eigenvalue weighted by atomic mass is 9.89. The number of methoxy groups -OCH3 is 2. The van der Waals surface area contributed by atoms with E-state index in [1.54, 1.807) is 48.0 Å². The third-order valence-electron chi connectivity index (χ3n) is 15.4. The van der Waals surface area contributed by atoms with E-state index in [0.717, 1.165) is 11.1 Å². The van der Waals surface area contributed by atoms with Gasteiger partial charge in [-0.3, -0.25) is 33.7 Å². The highest BCUT2D eigenvalue weighted by Crippen LogP contribution is 2.30. The van der Waals surface area contributed by atoms with E-state index in [1.165, 1.54) is 14.2 Å². The lowest BCUT2D eigenvalue weighted by molar-refractivity contribution is -0.148. The fraction of sp³-hybridized carbons (Fsp3) is 0.661. The molecule has 3 rings (SSSR count). The third-order valence-corrected chi connectivity index (χ3v) is 15.4. The van der Waals surface area contributed by atoms with Gasteiger partial charge in [-0.25, -0.2) is 9.59 Å². The number of carboxylic acid groups (broad SMARTS) is 1. The second-order valence-corrected chi connectivity index (χ2v) is 22.7. The van der Waals surface area contributed by atoms with Crippen LogP contribution >= 0.6 is 0 Å². The number of primary amides is 1. The number of hydrogen-bond acceptors (Lipinski definition) is 12. The minimum atomic E-state index is -1.16. The number of carbonyl (C=O) groups is 8. The molecule has 11 unspecified atom stereocenters. The van der Waals surface area contributed by atoms with E-state index in [1.807, 2.05) is 97.7 Å².